The maximum absolute atomic E-state index is 9.98. The topological polar surface area (TPSA) is 169 Å². The molecule has 0 bridgehead atoms. The van der Waals surface area contributed by atoms with Crippen LogP contribution in [0.4, 0.5) is 0 Å². The molecule has 0 radical (unpaired) electrons. The lowest BCUT2D eigenvalue weighted by molar-refractivity contribution is -0.351. The van der Waals surface area contributed by atoms with Gasteiger partial charge < -0.3 is 50.0 Å². The highest BCUT2D eigenvalue weighted by molar-refractivity contribution is 7.80. The highest BCUT2D eigenvalue weighted by Gasteiger charge is 2.49. The molecular weight excluding hydrogens is 336 g/mol. The molecule has 6 unspecified atom stereocenters. The number of ether oxygens (including phenoxy) is 3. The van der Waals surface area contributed by atoms with Gasteiger partial charge in [-0.25, -0.2) is 0 Å². The minimum absolute atomic E-state index is 0.0271. The highest BCUT2D eigenvalue weighted by Crippen LogP contribution is 2.28. The molecule has 23 heavy (non-hydrogen) atoms. The van der Waals surface area contributed by atoms with Gasteiger partial charge in [-0.05, 0) is 0 Å². The first kappa shape index (κ1) is 19.3. The van der Waals surface area contributed by atoms with E-state index in [4.69, 9.17) is 14.2 Å². The summed E-state index contributed by atoms with van der Waals surface area (Å²) in [6.45, 7) is -0.643. The molecule has 2 saturated heterocycles. The lowest BCUT2D eigenvalue weighted by Gasteiger charge is -2.45. The van der Waals surface area contributed by atoms with Crippen LogP contribution in [0.3, 0.4) is 0 Å². The third kappa shape index (κ3) is 3.80. The number of rotatable bonds is 4. The van der Waals surface area contributed by atoms with Crippen molar-refractivity contribution in [3.63, 3.8) is 0 Å². The van der Waals surface area contributed by atoms with Gasteiger partial charge in [-0.15, -0.1) is 0 Å². The van der Waals surface area contributed by atoms with E-state index >= 15 is 0 Å². The average molecular weight is 358 g/mol. The Labute approximate surface area is 137 Å². The van der Waals surface area contributed by atoms with Crippen molar-refractivity contribution in [2.75, 3.05) is 12.4 Å². The lowest BCUT2D eigenvalue weighted by atomic mass is 9.97. The molecule has 136 valence electrons. The second kappa shape index (κ2) is 7.89. The molecule has 0 aromatic heterocycles. The Kier molecular flexibility index (Phi) is 6.61. The number of aliphatic hydroxyl groups is 7. The van der Waals surface area contributed by atoms with Crippen LogP contribution in [-0.4, -0.2) is 110 Å². The molecule has 2 heterocycles. The van der Waals surface area contributed by atoms with Gasteiger partial charge in [0.25, 0.3) is 0 Å². The van der Waals surface area contributed by atoms with E-state index in [1.54, 1.807) is 0 Å². The average Bonchev–Trinajstić information content (AvgIpc) is 2.55. The van der Waals surface area contributed by atoms with Crippen LogP contribution in [0.5, 0.6) is 0 Å². The van der Waals surface area contributed by atoms with Crippen molar-refractivity contribution < 1.29 is 50.0 Å². The Morgan fingerprint density at radius 3 is 2.00 bits per heavy atom. The fraction of sp³-hybridized carbons (Fsp3) is 1.00. The van der Waals surface area contributed by atoms with E-state index in [1.165, 1.54) is 0 Å². The van der Waals surface area contributed by atoms with E-state index in [2.05, 4.69) is 12.6 Å². The van der Waals surface area contributed by atoms with E-state index in [-0.39, 0.29) is 5.75 Å². The largest absolute Gasteiger partial charge is 0.394 e. The molecule has 0 spiro atoms. The highest BCUT2D eigenvalue weighted by atomic mass is 32.1. The Bertz CT molecular complexity index is 383. The number of hydrogen-bond donors (Lipinski definition) is 8. The first-order valence-corrected chi connectivity index (χ1v) is 7.71. The molecule has 2 fully saturated rings. The molecule has 0 aromatic carbocycles. The molecule has 0 saturated carbocycles. The molecule has 0 amide bonds. The molecular formula is C12H22O10S. The molecule has 2 aliphatic rings. The Balaban J connectivity index is 2.11. The molecule has 10 nitrogen and oxygen atoms in total. The van der Waals surface area contributed by atoms with E-state index in [0.717, 1.165) is 0 Å². The monoisotopic (exact) mass is 358 g/mol. The fourth-order valence-corrected chi connectivity index (χ4v) is 2.87. The summed E-state index contributed by atoms with van der Waals surface area (Å²) in [6.07, 6.45) is -14.6. The van der Waals surface area contributed by atoms with Crippen molar-refractivity contribution in [1.82, 2.24) is 0 Å². The quantitative estimate of drug-likeness (QED) is 0.229. The summed E-state index contributed by atoms with van der Waals surface area (Å²) < 4.78 is 15.5. The van der Waals surface area contributed by atoms with E-state index in [0.29, 0.717) is 0 Å². The third-order valence-corrected chi connectivity index (χ3v) is 4.34. The van der Waals surface area contributed by atoms with Gasteiger partial charge in [0.1, 0.15) is 42.7 Å². The maximum atomic E-state index is 9.98. The molecule has 10 atom stereocenters. The molecule has 0 aliphatic carbocycles. The van der Waals surface area contributed by atoms with Crippen molar-refractivity contribution in [1.29, 1.82) is 0 Å². The summed E-state index contributed by atoms with van der Waals surface area (Å²) in [5.41, 5.74) is 0. The van der Waals surface area contributed by atoms with Gasteiger partial charge in [-0.2, -0.15) is 12.6 Å². The van der Waals surface area contributed by atoms with Gasteiger partial charge in [0.2, 0.25) is 0 Å². The van der Waals surface area contributed by atoms with Crippen LogP contribution in [0, 0.1) is 0 Å². The van der Waals surface area contributed by atoms with Crippen LogP contribution in [0.1, 0.15) is 0 Å². The molecule has 11 heteroatoms. The zero-order valence-electron chi connectivity index (χ0n) is 12.0. The lowest BCUT2D eigenvalue weighted by Crippen LogP contribution is -2.64. The molecule has 2 aliphatic heterocycles. The minimum atomic E-state index is -1.71. The zero-order chi connectivity index (χ0) is 17.3. The van der Waals surface area contributed by atoms with Gasteiger partial charge in [0, 0.05) is 5.75 Å². The van der Waals surface area contributed by atoms with E-state index < -0.39 is 68.0 Å². The number of hydrogen-bond acceptors (Lipinski definition) is 11. The number of aliphatic hydroxyl groups excluding tert-OH is 7. The fourth-order valence-electron chi connectivity index (χ4n) is 2.57. The Hall–Kier alpha value is -0.0500. The SMILES string of the molecule is OCC1OC(O)C(O)C(O)[C@@H]1O[C@@H]1OC(CS)[C@H](O)C(O)[C@@H]1O. The van der Waals surface area contributed by atoms with Crippen LogP contribution < -0.4 is 0 Å². The summed E-state index contributed by atoms with van der Waals surface area (Å²) in [7, 11) is 0. The van der Waals surface area contributed by atoms with E-state index in [9.17, 15) is 35.7 Å². The predicted molar refractivity (Wildman–Crippen MR) is 75.4 cm³/mol. The van der Waals surface area contributed by atoms with Gasteiger partial charge in [0.05, 0.1) is 12.7 Å². The Morgan fingerprint density at radius 1 is 0.783 bits per heavy atom. The summed E-state index contributed by atoms with van der Waals surface area (Å²) in [6, 6.07) is 0. The van der Waals surface area contributed by atoms with Crippen LogP contribution in [0.2, 0.25) is 0 Å². The zero-order valence-corrected chi connectivity index (χ0v) is 12.9. The van der Waals surface area contributed by atoms with Crippen molar-refractivity contribution in [2.24, 2.45) is 0 Å². The van der Waals surface area contributed by atoms with Gasteiger partial charge in [-0.3, -0.25) is 0 Å². The minimum Gasteiger partial charge on any atom is -0.394 e. The standard InChI is InChI=1S/C12H22O10S/c13-1-3-10(7(16)8(17)11(19)20-3)22-12-9(18)6(15)5(14)4(2-23)21-12/h3-19,23H,1-2H2/t3?,4?,5-,6?,7?,8?,9-,10+,11?,12-/m0/s1. The second-order valence-electron chi connectivity index (χ2n) is 5.53. The molecule has 7 N–H and O–H groups in total. The van der Waals surface area contributed by atoms with E-state index in [1.807, 2.05) is 0 Å². The van der Waals surface area contributed by atoms with Crippen molar-refractivity contribution in [3.05, 3.63) is 0 Å². The summed E-state index contributed by atoms with van der Waals surface area (Å²) in [5.74, 6) is 0.0271. The van der Waals surface area contributed by atoms with Gasteiger partial charge >= 0.3 is 0 Å². The molecule has 2 rings (SSSR count). The van der Waals surface area contributed by atoms with Crippen molar-refractivity contribution in [2.45, 2.75) is 61.4 Å². The predicted octanol–water partition coefficient (Wildman–Crippen LogP) is -4.46. The van der Waals surface area contributed by atoms with Crippen LogP contribution in [-0.2, 0) is 14.2 Å². The second-order valence-corrected chi connectivity index (χ2v) is 5.89. The van der Waals surface area contributed by atoms with Gasteiger partial charge in [0.15, 0.2) is 12.6 Å². The number of thiol groups is 1. The van der Waals surface area contributed by atoms with Gasteiger partial charge in [-0.1, -0.05) is 0 Å². The van der Waals surface area contributed by atoms with Crippen LogP contribution >= 0.6 is 12.6 Å². The Morgan fingerprint density at radius 2 is 1.43 bits per heavy atom. The third-order valence-electron chi connectivity index (χ3n) is 3.98. The van der Waals surface area contributed by atoms with Crippen molar-refractivity contribution in [3.8, 4) is 0 Å². The maximum Gasteiger partial charge on any atom is 0.187 e. The smallest absolute Gasteiger partial charge is 0.187 e. The first-order chi connectivity index (χ1) is 10.8. The normalized spacial score (nSPS) is 51.7. The van der Waals surface area contributed by atoms with Crippen LogP contribution in [0.15, 0.2) is 0 Å². The summed E-state index contributed by atoms with van der Waals surface area (Å²) in [5, 5.41) is 67.7. The van der Waals surface area contributed by atoms with Crippen LogP contribution in [0.25, 0.3) is 0 Å². The van der Waals surface area contributed by atoms with Crippen molar-refractivity contribution >= 4 is 12.6 Å². The first-order valence-electron chi connectivity index (χ1n) is 7.08. The summed E-state index contributed by atoms with van der Waals surface area (Å²) >= 11 is 3.96. The molecule has 0 aromatic rings. The summed E-state index contributed by atoms with van der Waals surface area (Å²) in [4.78, 5) is 0.